The van der Waals surface area contributed by atoms with Gasteiger partial charge in [0.1, 0.15) is 28.7 Å². The van der Waals surface area contributed by atoms with Crippen molar-refractivity contribution in [2.24, 2.45) is 0 Å². The van der Waals surface area contributed by atoms with Crippen molar-refractivity contribution in [3.05, 3.63) is 114 Å². The molecule has 5 aromatic rings. The van der Waals surface area contributed by atoms with Gasteiger partial charge in [0.25, 0.3) is 0 Å². The molecule has 0 amide bonds. The minimum absolute atomic E-state index is 0.00238. The first-order valence-electron chi connectivity index (χ1n) is 12.4. The van der Waals surface area contributed by atoms with Crippen LogP contribution in [0.4, 0.5) is 0 Å². The van der Waals surface area contributed by atoms with E-state index in [1.54, 1.807) is 36.4 Å². The quantitative estimate of drug-likeness (QED) is 0.164. The van der Waals surface area contributed by atoms with E-state index in [1.807, 2.05) is 67.6 Å². The molecule has 5 nitrogen and oxygen atoms in total. The van der Waals surface area contributed by atoms with Gasteiger partial charge in [-0.15, -0.1) is 0 Å². The summed E-state index contributed by atoms with van der Waals surface area (Å²) in [6.07, 6.45) is 0.475. The van der Waals surface area contributed by atoms with Crippen molar-refractivity contribution in [1.82, 2.24) is 0 Å². The van der Waals surface area contributed by atoms with Gasteiger partial charge in [-0.25, -0.2) is 0 Å². The maximum atomic E-state index is 11.3. The van der Waals surface area contributed by atoms with Gasteiger partial charge in [0.05, 0.1) is 11.1 Å². The molecule has 0 aliphatic rings. The molecular weight excluding hydrogens is 476 g/mol. The summed E-state index contributed by atoms with van der Waals surface area (Å²) >= 11 is 0. The van der Waals surface area contributed by atoms with Gasteiger partial charge in [-0.05, 0) is 70.5 Å². The molecule has 0 aliphatic heterocycles. The smallest absolute Gasteiger partial charge is 0.134 e. The normalized spacial score (nSPS) is 11.8. The molecule has 0 heterocycles. The fourth-order valence-electron chi connectivity index (χ4n) is 5.00. The van der Waals surface area contributed by atoms with Crippen molar-refractivity contribution >= 4 is 0 Å². The average Bonchev–Trinajstić information content (AvgIpc) is 2.91. The monoisotopic (exact) mass is 504 g/mol. The fourth-order valence-corrected chi connectivity index (χ4v) is 5.00. The lowest BCUT2D eigenvalue weighted by Crippen LogP contribution is -2.02. The van der Waals surface area contributed by atoms with Gasteiger partial charge in [-0.1, -0.05) is 79.7 Å². The molecule has 5 N–H and O–H groups in total. The van der Waals surface area contributed by atoms with E-state index in [1.165, 1.54) is 6.07 Å². The van der Waals surface area contributed by atoms with E-state index in [4.69, 9.17) is 0 Å². The molecule has 1 unspecified atom stereocenters. The van der Waals surface area contributed by atoms with Crippen LogP contribution in [0, 0.1) is 0 Å². The summed E-state index contributed by atoms with van der Waals surface area (Å²) in [5.41, 5.74) is 4.67. The summed E-state index contributed by atoms with van der Waals surface area (Å²) in [4.78, 5) is 0. The molecular formula is C33H28O5. The highest BCUT2D eigenvalue weighted by Gasteiger charge is 2.22. The van der Waals surface area contributed by atoms with Crippen LogP contribution in [0.1, 0.15) is 24.0 Å². The van der Waals surface area contributed by atoms with Crippen molar-refractivity contribution in [2.45, 2.75) is 19.3 Å². The highest BCUT2D eigenvalue weighted by Crippen LogP contribution is 2.47. The third kappa shape index (κ3) is 4.62. The molecule has 0 aliphatic carbocycles. The molecule has 5 rings (SSSR count). The largest absolute Gasteiger partial charge is 0.508 e. The van der Waals surface area contributed by atoms with Gasteiger partial charge < -0.3 is 25.5 Å². The minimum atomic E-state index is -0.172. The summed E-state index contributed by atoms with van der Waals surface area (Å²) in [5.74, 6) is -0.247. The number of phenols is 5. The number of benzene rings is 5. The van der Waals surface area contributed by atoms with Gasteiger partial charge in [0, 0.05) is 5.56 Å². The van der Waals surface area contributed by atoms with Gasteiger partial charge in [0.15, 0.2) is 0 Å². The van der Waals surface area contributed by atoms with Crippen molar-refractivity contribution in [2.75, 3.05) is 0 Å². The van der Waals surface area contributed by atoms with Gasteiger partial charge in [0.2, 0.25) is 0 Å². The lowest BCUT2D eigenvalue weighted by Gasteiger charge is -2.20. The van der Waals surface area contributed by atoms with Gasteiger partial charge >= 0.3 is 0 Å². The Morgan fingerprint density at radius 1 is 0.553 bits per heavy atom. The predicted molar refractivity (Wildman–Crippen MR) is 150 cm³/mol. The molecule has 1 atom stereocenters. The second-order valence-electron chi connectivity index (χ2n) is 9.43. The highest BCUT2D eigenvalue weighted by atomic mass is 16.3. The van der Waals surface area contributed by atoms with Crippen molar-refractivity contribution in [3.8, 4) is 62.1 Å². The highest BCUT2D eigenvalue weighted by molar-refractivity contribution is 5.87. The lowest BCUT2D eigenvalue weighted by atomic mass is 9.86. The number of hydrogen-bond acceptors (Lipinski definition) is 5. The fraction of sp³-hybridized carbons (Fsp3) is 0.0909. The van der Waals surface area contributed by atoms with Crippen LogP contribution in [-0.2, 0) is 6.42 Å². The van der Waals surface area contributed by atoms with Gasteiger partial charge in [-0.3, -0.25) is 0 Å². The Bertz CT molecular complexity index is 1590. The van der Waals surface area contributed by atoms with Crippen LogP contribution in [0.2, 0.25) is 0 Å². The van der Waals surface area contributed by atoms with E-state index in [9.17, 15) is 25.5 Å². The van der Waals surface area contributed by atoms with E-state index in [0.717, 1.165) is 5.56 Å². The first-order valence-corrected chi connectivity index (χ1v) is 12.4. The topological polar surface area (TPSA) is 101 Å². The van der Waals surface area contributed by atoms with E-state index in [2.05, 4.69) is 0 Å². The summed E-state index contributed by atoms with van der Waals surface area (Å²) < 4.78 is 0. The summed E-state index contributed by atoms with van der Waals surface area (Å²) in [6, 6.07) is 29.8. The van der Waals surface area contributed by atoms with Crippen LogP contribution in [-0.4, -0.2) is 25.5 Å². The van der Waals surface area contributed by atoms with Crippen LogP contribution < -0.4 is 0 Å². The van der Waals surface area contributed by atoms with Crippen molar-refractivity contribution < 1.29 is 25.5 Å². The van der Waals surface area contributed by atoms with Crippen molar-refractivity contribution in [3.63, 3.8) is 0 Å². The average molecular weight is 505 g/mol. The molecule has 5 heteroatoms. The molecule has 0 spiro atoms. The van der Waals surface area contributed by atoms with Crippen LogP contribution in [0.5, 0.6) is 28.7 Å². The Kier molecular flexibility index (Phi) is 6.67. The van der Waals surface area contributed by atoms with Gasteiger partial charge in [-0.2, -0.15) is 0 Å². The van der Waals surface area contributed by atoms with Crippen LogP contribution >= 0.6 is 0 Å². The third-order valence-electron chi connectivity index (χ3n) is 6.91. The minimum Gasteiger partial charge on any atom is -0.508 e. The molecule has 0 radical (unpaired) electrons. The predicted octanol–water partition coefficient (Wildman–Crippen LogP) is 7.56. The molecule has 5 aromatic carbocycles. The third-order valence-corrected chi connectivity index (χ3v) is 6.91. The summed E-state index contributed by atoms with van der Waals surface area (Å²) in [6.45, 7) is 1.98. The molecule has 0 saturated carbocycles. The Hall–Kier alpha value is -4.90. The van der Waals surface area contributed by atoms with Crippen LogP contribution in [0.3, 0.4) is 0 Å². The second-order valence-corrected chi connectivity index (χ2v) is 9.43. The number of rotatable bonds is 6. The molecule has 0 saturated heterocycles. The zero-order valence-electron chi connectivity index (χ0n) is 20.8. The maximum Gasteiger partial charge on any atom is 0.134 e. The van der Waals surface area contributed by atoms with Crippen LogP contribution in [0.15, 0.2) is 103 Å². The zero-order valence-corrected chi connectivity index (χ0v) is 20.8. The Morgan fingerprint density at radius 3 is 1.71 bits per heavy atom. The molecule has 0 aromatic heterocycles. The Morgan fingerprint density at radius 2 is 1.11 bits per heavy atom. The van der Waals surface area contributed by atoms with E-state index >= 15 is 0 Å². The zero-order chi connectivity index (χ0) is 26.8. The van der Waals surface area contributed by atoms with Crippen LogP contribution in [0.25, 0.3) is 33.4 Å². The number of hydrogen-bond donors (Lipinski definition) is 5. The van der Waals surface area contributed by atoms with E-state index in [0.29, 0.717) is 45.4 Å². The molecule has 38 heavy (non-hydrogen) atoms. The first kappa shape index (κ1) is 24.8. The number of phenolic OH excluding ortho intramolecular Hbond substituents is 5. The van der Waals surface area contributed by atoms with Crippen molar-refractivity contribution in [1.29, 1.82) is 0 Å². The maximum absolute atomic E-state index is 11.3. The molecule has 0 fully saturated rings. The second kappa shape index (κ2) is 10.2. The Labute approximate surface area is 221 Å². The Balaban J connectivity index is 1.57. The molecule has 0 bridgehead atoms. The first-order chi connectivity index (χ1) is 18.3. The summed E-state index contributed by atoms with van der Waals surface area (Å²) in [5, 5.41) is 53.8. The SMILES string of the molecule is CC(Cc1ccc(O)cc1-c1ccc(O)c(-c2ccccc2)c1O)c1ccc(O)c(-c2ccccc2)c1O. The molecule has 190 valence electrons. The standard InChI is InChI=1S/C33H28O5/c1-20(25-14-16-28(35)30(32(25)37)21-8-4-2-5-9-21)18-23-12-13-24(34)19-27(23)26-15-17-29(36)31(33(26)38)22-10-6-3-7-11-22/h2-17,19-20,34-38H,18H2,1H3. The number of aromatic hydroxyl groups is 5. The van der Waals surface area contributed by atoms with E-state index in [-0.39, 0.29) is 34.7 Å². The summed E-state index contributed by atoms with van der Waals surface area (Å²) in [7, 11) is 0. The lowest BCUT2D eigenvalue weighted by molar-refractivity contribution is 0.445. The van der Waals surface area contributed by atoms with E-state index < -0.39 is 0 Å².